The summed E-state index contributed by atoms with van der Waals surface area (Å²) < 4.78 is 1.84. The normalized spacial score (nSPS) is 12.0. The van der Waals surface area contributed by atoms with Crippen LogP contribution >= 0.6 is 11.6 Å². The highest BCUT2D eigenvalue weighted by Crippen LogP contribution is 2.16. The number of halogens is 1. The van der Waals surface area contributed by atoms with Crippen LogP contribution in [0.15, 0.2) is 12.4 Å². The first kappa shape index (κ1) is 13.5. The van der Waals surface area contributed by atoms with Crippen molar-refractivity contribution < 1.29 is 0 Å². The van der Waals surface area contributed by atoms with Crippen molar-refractivity contribution in [1.29, 1.82) is 0 Å². The molecule has 0 aliphatic carbocycles. The lowest BCUT2D eigenvalue weighted by molar-refractivity contribution is 0.339. The number of aromatic nitrogens is 2. The fraction of sp³-hybridized carbons (Fsp3) is 0.750. The van der Waals surface area contributed by atoms with E-state index in [1.165, 1.54) is 5.56 Å². The van der Waals surface area contributed by atoms with Gasteiger partial charge in [0, 0.05) is 24.7 Å². The van der Waals surface area contributed by atoms with Crippen LogP contribution in [-0.4, -0.2) is 27.7 Å². The molecule has 0 amide bonds. The van der Waals surface area contributed by atoms with Crippen molar-refractivity contribution in [3.63, 3.8) is 0 Å². The van der Waals surface area contributed by atoms with E-state index < -0.39 is 0 Å². The molecule has 0 aliphatic heterocycles. The minimum absolute atomic E-state index is 0.101. The summed E-state index contributed by atoms with van der Waals surface area (Å²) >= 11 is 6.03. The zero-order valence-corrected chi connectivity index (χ0v) is 11.2. The van der Waals surface area contributed by atoms with Gasteiger partial charge >= 0.3 is 0 Å². The Morgan fingerprint density at radius 1 is 1.44 bits per heavy atom. The van der Waals surface area contributed by atoms with E-state index in [2.05, 4.69) is 30.5 Å². The zero-order valence-electron chi connectivity index (χ0n) is 10.5. The van der Waals surface area contributed by atoms with Crippen LogP contribution in [0.1, 0.15) is 32.3 Å². The lowest BCUT2D eigenvalue weighted by Crippen LogP contribution is -2.46. The fourth-order valence-electron chi connectivity index (χ4n) is 1.81. The molecule has 0 radical (unpaired) electrons. The van der Waals surface area contributed by atoms with Gasteiger partial charge in [0.2, 0.25) is 0 Å². The van der Waals surface area contributed by atoms with Crippen molar-refractivity contribution in [2.24, 2.45) is 7.05 Å². The molecule has 92 valence electrons. The Kier molecular flexibility index (Phi) is 5.29. The van der Waals surface area contributed by atoms with Crippen LogP contribution in [0.2, 0.25) is 0 Å². The Hall–Kier alpha value is -0.540. The molecule has 1 N–H and O–H groups in total. The van der Waals surface area contributed by atoms with E-state index in [1.54, 1.807) is 0 Å². The largest absolute Gasteiger partial charge is 0.310 e. The van der Waals surface area contributed by atoms with Crippen LogP contribution in [0, 0.1) is 0 Å². The molecule has 1 aromatic heterocycles. The minimum Gasteiger partial charge on any atom is -0.310 e. The number of hydrogen-bond acceptors (Lipinski definition) is 2. The molecule has 0 saturated carbocycles. The maximum atomic E-state index is 6.03. The second kappa shape index (κ2) is 6.26. The smallest absolute Gasteiger partial charge is 0.0522 e. The Balaban J connectivity index is 2.39. The molecule has 1 rings (SSSR count). The van der Waals surface area contributed by atoms with Gasteiger partial charge in [-0.1, -0.05) is 13.8 Å². The third-order valence-corrected chi connectivity index (χ3v) is 3.79. The monoisotopic (exact) mass is 243 g/mol. The molecule has 0 aliphatic rings. The Morgan fingerprint density at radius 2 is 2.12 bits per heavy atom. The molecule has 0 bridgehead atoms. The van der Waals surface area contributed by atoms with Gasteiger partial charge in [-0.2, -0.15) is 5.10 Å². The van der Waals surface area contributed by atoms with Crippen molar-refractivity contribution in [3.05, 3.63) is 18.0 Å². The molecule has 0 saturated heterocycles. The average molecular weight is 244 g/mol. The van der Waals surface area contributed by atoms with Crippen LogP contribution in [0.25, 0.3) is 0 Å². The van der Waals surface area contributed by atoms with Crippen LogP contribution in [0.3, 0.4) is 0 Å². The van der Waals surface area contributed by atoms with E-state index in [1.807, 2.05) is 17.9 Å². The van der Waals surface area contributed by atoms with Crippen molar-refractivity contribution in [1.82, 2.24) is 15.1 Å². The van der Waals surface area contributed by atoms with Gasteiger partial charge in [-0.3, -0.25) is 4.68 Å². The second-order valence-corrected chi connectivity index (χ2v) is 4.59. The van der Waals surface area contributed by atoms with Gasteiger partial charge in [-0.05, 0) is 31.4 Å². The van der Waals surface area contributed by atoms with Gasteiger partial charge in [-0.15, -0.1) is 11.6 Å². The highest BCUT2D eigenvalue weighted by atomic mass is 35.5. The standard InChI is InChI=1S/C12H22ClN3/c1-4-12(5-2,10-13)14-7-6-11-8-15-16(3)9-11/h8-9,14H,4-7,10H2,1-3H3. The quantitative estimate of drug-likeness (QED) is 0.746. The maximum Gasteiger partial charge on any atom is 0.0522 e. The molecule has 0 spiro atoms. The van der Waals surface area contributed by atoms with Crippen molar-refractivity contribution >= 4 is 11.6 Å². The predicted molar refractivity (Wildman–Crippen MR) is 68.9 cm³/mol. The number of nitrogens with one attached hydrogen (secondary N) is 1. The molecule has 3 nitrogen and oxygen atoms in total. The summed E-state index contributed by atoms with van der Waals surface area (Å²) in [7, 11) is 1.94. The molecule has 0 fully saturated rings. The lowest BCUT2D eigenvalue weighted by atomic mass is 9.95. The number of aryl methyl sites for hydroxylation is 1. The number of hydrogen-bond donors (Lipinski definition) is 1. The summed E-state index contributed by atoms with van der Waals surface area (Å²) in [6.07, 6.45) is 7.12. The van der Waals surface area contributed by atoms with E-state index in [0.717, 1.165) is 25.8 Å². The zero-order chi connectivity index (χ0) is 12.0. The topological polar surface area (TPSA) is 29.9 Å². The van der Waals surface area contributed by atoms with Crippen molar-refractivity contribution in [2.75, 3.05) is 12.4 Å². The Bertz CT molecular complexity index is 297. The third-order valence-electron chi connectivity index (χ3n) is 3.28. The van der Waals surface area contributed by atoms with Crippen LogP contribution in [0.4, 0.5) is 0 Å². The average Bonchev–Trinajstić information content (AvgIpc) is 2.71. The highest BCUT2D eigenvalue weighted by molar-refractivity contribution is 6.18. The van der Waals surface area contributed by atoms with Gasteiger partial charge in [0.05, 0.1) is 6.20 Å². The predicted octanol–water partition coefficient (Wildman–Crippen LogP) is 2.35. The Labute approximate surface area is 103 Å². The molecule has 1 aromatic rings. The lowest BCUT2D eigenvalue weighted by Gasteiger charge is -2.30. The van der Waals surface area contributed by atoms with Crippen molar-refractivity contribution in [2.45, 2.75) is 38.6 Å². The molecular formula is C12H22ClN3. The van der Waals surface area contributed by atoms with Gasteiger partial charge in [0.25, 0.3) is 0 Å². The number of alkyl halides is 1. The highest BCUT2D eigenvalue weighted by Gasteiger charge is 2.23. The number of rotatable bonds is 7. The van der Waals surface area contributed by atoms with Gasteiger partial charge in [0.1, 0.15) is 0 Å². The summed E-state index contributed by atoms with van der Waals surface area (Å²) in [5.41, 5.74) is 1.37. The summed E-state index contributed by atoms with van der Waals surface area (Å²) in [5.74, 6) is 0.674. The third kappa shape index (κ3) is 3.49. The molecule has 1 heterocycles. The van der Waals surface area contributed by atoms with E-state index >= 15 is 0 Å². The van der Waals surface area contributed by atoms with E-state index in [-0.39, 0.29) is 5.54 Å². The van der Waals surface area contributed by atoms with Gasteiger partial charge in [-0.25, -0.2) is 0 Å². The van der Waals surface area contributed by atoms with Crippen LogP contribution < -0.4 is 5.32 Å². The molecule has 4 heteroatoms. The first-order valence-corrected chi connectivity index (χ1v) is 6.47. The first-order chi connectivity index (χ1) is 7.65. The molecular weight excluding hydrogens is 222 g/mol. The van der Waals surface area contributed by atoms with Gasteiger partial charge < -0.3 is 5.32 Å². The van der Waals surface area contributed by atoms with Gasteiger partial charge in [0.15, 0.2) is 0 Å². The maximum absolute atomic E-state index is 6.03. The van der Waals surface area contributed by atoms with E-state index in [4.69, 9.17) is 11.6 Å². The SMILES string of the molecule is CCC(CC)(CCl)NCCc1cnn(C)c1. The second-order valence-electron chi connectivity index (χ2n) is 4.32. The summed E-state index contributed by atoms with van der Waals surface area (Å²) in [6, 6.07) is 0. The Morgan fingerprint density at radius 3 is 2.56 bits per heavy atom. The molecule has 0 atom stereocenters. The fourth-order valence-corrected chi connectivity index (χ4v) is 2.28. The molecule has 0 aromatic carbocycles. The first-order valence-electron chi connectivity index (χ1n) is 5.94. The van der Waals surface area contributed by atoms with Crippen LogP contribution in [0.5, 0.6) is 0 Å². The van der Waals surface area contributed by atoms with Crippen LogP contribution in [-0.2, 0) is 13.5 Å². The van der Waals surface area contributed by atoms with E-state index in [9.17, 15) is 0 Å². The minimum atomic E-state index is 0.101. The summed E-state index contributed by atoms with van der Waals surface area (Å²) in [4.78, 5) is 0. The molecule has 0 unspecified atom stereocenters. The summed E-state index contributed by atoms with van der Waals surface area (Å²) in [6.45, 7) is 5.33. The molecule has 16 heavy (non-hydrogen) atoms. The number of nitrogens with zero attached hydrogens (tertiary/aromatic N) is 2. The van der Waals surface area contributed by atoms with E-state index in [0.29, 0.717) is 5.88 Å². The van der Waals surface area contributed by atoms with Crippen molar-refractivity contribution in [3.8, 4) is 0 Å². The summed E-state index contributed by atoms with van der Waals surface area (Å²) in [5, 5.41) is 7.73.